The van der Waals surface area contributed by atoms with Gasteiger partial charge in [0.25, 0.3) is 0 Å². The van der Waals surface area contributed by atoms with Crippen molar-refractivity contribution in [3.8, 4) is 0 Å². The predicted octanol–water partition coefficient (Wildman–Crippen LogP) is -1.56. The Hall–Kier alpha value is 3.67. The first-order valence-corrected chi connectivity index (χ1v) is 0. The van der Waals surface area contributed by atoms with Crippen molar-refractivity contribution in [3.05, 3.63) is 12.3 Å². The van der Waals surface area contributed by atoms with Crippen LogP contribution in [-0.2, 0) is 11.0 Å². The maximum Gasteiger partial charge on any atom is 2.00 e. The third kappa shape index (κ3) is 81.0. The molecule has 0 amide bonds. The van der Waals surface area contributed by atoms with E-state index in [4.69, 9.17) is 0 Å². The Morgan fingerprint density at radius 2 is 0.333 bits per heavy atom. The van der Waals surface area contributed by atoms with E-state index in [9.17, 15) is 0 Å². The van der Waals surface area contributed by atoms with Crippen LogP contribution in [0.3, 0.4) is 0 Å². The smallest absolute Gasteiger partial charge is 2.00 e. The molecule has 0 aromatic rings. The molecule has 0 heterocycles. The van der Waals surface area contributed by atoms with Gasteiger partial charge in [0, 0.05) is 0 Å². The monoisotopic (exact) mass is 180 g/mol. The van der Waals surface area contributed by atoms with Gasteiger partial charge in [-0.05, 0) is 0 Å². The minimum absolute atomic E-state index is 0. The van der Waals surface area contributed by atoms with Crippen molar-refractivity contribution in [2.45, 2.75) is 0 Å². The van der Waals surface area contributed by atoms with Crippen LogP contribution < -0.4 is 0 Å². The summed E-state index contributed by atoms with van der Waals surface area (Å²) in [5.74, 6) is 0. The second-order valence-corrected chi connectivity index (χ2v) is 0. The van der Waals surface area contributed by atoms with Gasteiger partial charge in [0.15, 0.2) is 0 Å². The Bertz CT molecular complexity index is 12.9. The van der Waals surface area contributed by atoms with Crippen LogP contribution in [0.1, 0.15) is 0 Å². The van der Waals surface area contributed by atoms with E-state index >= 15 is 0 Å². The van der Waals surface area contributed by atoms with E-state index < -0.39 is 0 Å². The Morgan fingerprint density at radius 1 is 0.333 bits per heavy atom. The molecule has 9 heteroatoms. The summed E-state index contributed by atoms with van der Waals surface area (Å²) in [7, 11) is 0. The van der Waals surface area contributed by atoms with Crippen LogP contribution in [0.5, 0.6) is 0 Å². The molecular weight excluding hydrogens is 182 g/mol. The minimum Gasteiger partial charge on any atom is -3.00 e. The summed E-state index contributed by atoms with van der Waals surface area (Å²) in [6.07, 6.45) is 0. The second kappa shape index (κ2) is 98.6. The summed E-state index contributed by atoms with van der Waals surface area (Å²) in [4.78, 5) is 0. The van der Waals surface area contributed by atoms with E-state index in [2.05, 4.69) is 0 Å². The van der Waals surface area contributed by atoms with E-state index in [0.717, 1.165) is 0 Å². The summed E-state index contributed by atoms with van der Waals surface area (Å²) in [5, 5.41) is 0. The van der Waals surface area contributed by atoms with Crippen molar-refractivity contribution in [2.24, 2.45) is 0 Å². The maximum absolute atomic E-state index is 0. The first-order valence-electron chi connectivity index (χ1n) is 0. The van der Waals surface area contributed by atoms with Crippen LogP contribution in [0.25, 0.3) is 12.3 Å². The van der Waals surface area contributed by atoms with Crippen LogP contribution in [0.4, 0.5) is 0 Å². The van der Waals surface area contributed by atoms with Gasteiger partial charge in [-0.15, -0.1) is 0 Å². The predicted molar refractivity (Wildman–Crippen MR) is 36.9 cm³/mol. The third-order valence-corrected chi connectivity index (χ3v) is 0. The Morgan fingerprint density at radius 3 is 0.333 bits per heavy atom. The van der Waals surface area contributed by atoms with E-state index in [1.54, 1.807) is 0 Å². The van der Waals surface area contributed by atoms with Gasteiger partial charge in [-0.3, -0.25) is 0 Å². The van der Waals surface area contributed by atoms with Crippen molar-refractivity contribution in [1.82, 2.24) is 0 Å². The van der Waals surface area contributed by atoms with Crippen LogP contribution in [0.15, 0.2) is 0 Å². The zero-order valence-corrected chi connectivity index (χ0v) is 12.3. The normalized spacial score (nSPS) is 0. The van der Waals surface area contributed by atoms with Gasteiger partial charge in [-0.2, -0.15) is 0 Å². The SMILES string of the molecule is [Mg+2].[Mg+2].[Mg+2].[Mg+2].[Mg+2].[N-3].[N-3].[O-2].[O-2]. The van der Waals surface area contributed by atoms with E-state index in [0.29, 0.717) is 0 Å². The molecule has 0 radical (unpaired) electrons. The van der Waals surface area contributed by atoms with Crippen molar-refractivity contribution in [2.75, 3.05) is 0 Å². The quantitative estimate of drug-likeness (QED) is 0.402. The molecule has 0 N–H and O–H groups in total. The molecule has 0 rings (SSSR count). The largest absolute Gasteiger partial charge is 3.00 e. The summed E-state index contributed by atoms with van der Waals surface area (Å²) in [6, 6.07) is 0. The van der Waals surface area contributed by atoms with Gasteiger partial charge < -0.3 is 23.3 Å². The van der Waals surface area contributed by atoms with E-state index in [1.807, 2.05) is 0 Å². The summed E-state index contributed by atoms with van der Waals surface area (Å²) >= 11 is 0. The number of rotatable bonds is 0. The molecule has 0 aromatic carbocycles. The van der Waals surface area contributed by atoms with Gasteiger partial charge in [-0.1, -0.05) is 0 Å². The molecule has 0 fully saturated rings. The molecule has 0 aliphatic heterocycles. The average molecular weight is 182 g/mol. The van der Waals surface area contributed by atoms with Crippen molar-refractivity contribution in [3.63, 3.8) is 0 Å². The molecule has 4 nitrogen and oxygen atoms in total. The zero-order chi connectivity index (χ0) is 0. The first kappa shape index (κ1) is 128. The molecular formula is Mg5N2O2. The summed E-state index contributed by atoms with van der Waals surface area (Å²) in [6.45, 7) is 0. The van der Waals surface area contributed by atoms with Crippen LogP contribution in [0.2, 0.25) is 0 Å². The number of hydrogen-bond donors (Lipinski definition) is 0. The first-order chi connectivity index (χ1) is 0. The molecule has 0 aromatic heterocycles. The molecule has 0 atom stereocenters. The van der Waals surface area contributed by atoms with Gasteiger partial charge in [0.1, 0.15) is 0 Å². The number of nitrogens with zero attached hydrogens (tertiary/aromatic N) is 2. The third-order valence-electron chi connectivity index (χ3n) is 0. The molecule has 9 heavy (non-hydrogen) atoms. The number of hydrogen-bond acceptors (Lipinski definition) is 0. The molecule has 0 saturated heterocycles. The topological polar surface area (TPSA) is 118 Å². The molecule has 0 unspecified atom stereocenters. The fourth-order valence-corrected chi connectivity index (χ4v) is 0. The van der Waals surface area contributed by atoms with Crippen molar-refractivity contribution in [1.29, 1.82) is 0 Å². The molecule has 0 bridgehead atoms. The summed E-state index contributed by atoms with van der Waals surface area (Å²) in [5.41, 5.74) is 0. The zero-order valence-electron chi connectivity index (χ0n) is 5.25. The van der Waals surface area contributed by atoms with Crippen LogP contribution in [0, 0.1) is 0 Å². The minimum atomic E-state index is 0. The van der Waals surface area contributed by atoms with E-state index in [1.165, 1.54) is 0 Å². The Kier molecular flexibility index (Phi) is 1400. The fraction of sp³-hybridized carbons (Fsp3) is 0. The van der Waals surface area contributed by atoms with Gasteiger partial charge in [0.2, 0.25) is 0 Å². The summed E-state index contributed by atoms with van der Waals surface area (Å²) < 4.78 is 0. The molecule has 0 aliphatic rings. The molecule has 0 spiro atoms. The van der Waals surface area contributed by atoms with Crippen LogP contribution >= 0.6 is 0 Å². The Balaban J connectivity index is 0. The average Bonchev–Trinajstić information content (AvgIpc) is 0. The van der Waals surface area contributed by atoms with Gasteiger partial charge in [0.05, 0.1) is 0 Å². The molecule has 0 saturated carbocycles. The van der Waals surface area contributed by atoms with Crippen molar-refractivity contribution < 1.29 is 11.0 Å². The Labute approximate surface area is 136 Å². The van der Waals surface area contributed by atoms with E-state index in [-0.39, 0.29) is 139 Å². The van der Waals surface area contributed by atoms with Crippen molar-refractivity contribution >= 4 is 115 Å². The van der Waals surface area contributed by atoms with Gasteiger partial charge in [-0.25, -0.2) is 0 Å². The molecule has 0 aliphatic carbocycles. The van der Waals surface area contributed by atoms with Crippen LogP contribution in [-0.4, -0.2) is 115 Å². The fourth-order valence-electron chi connectivity index (χ4n) is 0. The maximum atomic E-state index is 0. The molecule has 32 valence electrons. The van der Waals surface area contributed by atoms with Gasteiger partial charge >= 0.3 is 115 Å². The standard InChI is InChI=1S/5Mg.2N.2O/q5*+2;2*-3;2*-2. The second-order valence-electron chi connectivity index (χ2n) is 0.